The summed E-state index contributed by atoms with van der Waals surface area (Å²) in [5, 5.41) is 3.46. The number of hydrogen-bond donors (Lipinski definition) is 1. The lowest BCUT2D eigenvalue weighted by Crippen LogP contribution is -2.19. The number of benzene rings is 2. The second-order valence-electron chi connectivity index (χ2n) is 5.90. The van der Waals surface area contributed by atoms with E-state index in [2.05, 4.69) is 53.3 Å². The molecule has 2 aromatic rings. The molecule has 0 aliphatic carbocycles. The molecule has 0 saturated carbocycles. The van der Waals surface area contributed by atoms with Crippen molar-refractivity contribution in [3.8, 4) is 11.5 Å². The van der Waals surface area contributed by atoms with E-state index in [1.807, 2.05) is 24.3 Å². The third-order valence-electron chi connectivity index (χ3n) is 3.41. The van der Waals surface area contributed by atoms with Crippen LogP contribution in [0, 0.1) is 5.92 Å². The van der Waals surface area contributed by atoms with Gasteiger partial charge in [0.1, 0.15) is 6.61 Å². The van der Waals surface area contributed by atoms with Crippen LogP contribution in [0.2, 0.25) is 0 Å². The van der Waals surface area contributed by atoms with Crippen LogP contribution >= 0.6 is 28.3 Å². The standard InChI is InChI=1S/C19H24BrNO2.ClH/c1-14(2)11-21-12-16-9-17(20)10-18(22-3)19(16)23-13-15-7-5-4-6-8-15;/h4-10,14,21H,11-13H2,1-3H3;1H. The van der Waals surface area contributed by atoms with Crippen molar-refractivity contribution < 1.29 is 9.47 Å². The normalized spacial score (nSPS) is 10.4. The van der Waals surface area contributed by atoms with Gasteiger partial charge in [-0.15, -0.1) is 12.4 Å². The van der Waals surface area contributed by atoms with Crippen molar-refractivity contribution in [1.29, 1.82) is 0 Å². The molecule has 0 aliphatic rings. The van der Waals surface area contributed by atoms with Gasteiger partial charge in [-0.25, -0.2) is 0 Å². The number of ether oxygens (including phenoxy) is 2. The maximum atomic E-state index is 6.07. The van der Waals surface area contributed by atoms with Crippen LogP contribution in [-0.2, 0) is 13.2 Å². The van der Waals surface area contributed by atoms with Crippen molar-refractivity contribution in [2.24, 2.45) is 5.92 Å². The lowest BCUT2D eigenvalue weighted by molar-refractivity contribution is 0.280. The van der Waals surface area contributed by atoms with Gasteiger partial charge in [0.05, 0.1) is 7.11 Å². The first-order chi connectivity index (χ1) is 11.1. The number of nitrogens with one attached hydrogen (secondary N) is 1. The Kier molecular flexibility index (Phi) is 9.19. The third-order valence-corrected chi connectivity index (χ3v) is 3.87. The van der Waals surface area contributed by atoms with Gasteiger partial charge >= 0.3 is 0 Å². The van der Waals surface area contributed by atoms with Gasteiger partial charge in [-0.2, -0.15) is 0 Å². The highest BCUT2D eigenvalue weighted by molar-refractivity contribution is 9.10. The minimum Gasteiger partial charge on any atom is -0.493 e. The molecule has 0 fully saturated rings. The summed E-state index contributed by atoms with van der Waals surface area (Å²) in [7, 11) is 1.67. The Morgan fingerprint density at radius 3 is 2.46 bits per heavy atom. The van der Waals surface area contributed by atoms with Gasteiger partial charge in [-0.1, -0.05) is 60.1 Å². The van der Waals surface area contributed by atoms with Gasteiger partial charge in [0.25, 0.3) is 0 Å². The topological polar surface area (TPSA) is 30.5 Å². The highest BCUT2D eigenvalue weighted by Crippen LogP contribution is 2.35. The van der Waals surface area contributed by atoms with Crippen molar-refractivity contribution in [3.05, 3.63) is 58.1 Å². The minimum atomic E-state index is 0. The molecule has 0 atom stereocenters. The molecule has 1 N–H and O–H groups in total. The van der Waals surface area contributed by atoms with Crippen molar-refractivity contribution >= 4 is 28.3 Å². The Labute approximate surface area is 159 Å². The number of hydrogen-bond acceptors (Lipinski definition) is 3. The second kappa shape index (κ2) is 10.6. The molecule has 0 spiro atoms. The monoisotopic (exact) mass is 413 g/mol. The number of methoxy groups -OCH3 is 1. The van der Waals surface area contributed by atoms with Crippen LogP contribution in [-0.4, -0.2) is 13.7 Å². The molecule has 2 aromatic carbocycles. The molecule has 0 aliphatic heterocycles. The summed E-state index contributed by atoms with van der Waals surface area (Å²) < 4.78 is 12.6. The Morgan fingerprint density at radius 1 is 1.12 bits per heavy atom. The van der Waals surface area contributed by atoms with E-state index in [0.29, 0.717) is 12.5 Å². The molecule has 0 saturated heterocycles. The Morgan fingerprint density at radius 2 is 1.83 bits per heavy atom. The Hall–Kier alpha value is -1.23. The number of rotatable bonds is 8. The summed E-state index contributed by atoms with van der Waals surface area (Å²) >= 11 is 3.54. The zero-order valence-electron chi connectivity index (χ0n) is 14.3. The second-order valence-corrected chi connectivity index (χ2v) is 6.81. The summed E-state index contributed by atoms with van der Waals surface area (Å²) in [6.45, 7) is 6.63. The highest BCUT2D eigenvalue weighted by atomic mass is 79.9. The fourth-order valence-electron chi connectivity index (χ4n) is 2.29. The smallest absolute Gasteiger partial charge is 0.166 e. The van der Waals surface area contributed by atoms with Crippen LogP contribution in [0.1, 0.15) is 25.0 Å². The molecule has 0 amide bonds. The molecular formula is C19H25BrClNO2. The Bertz CT molecular complexity index is 620. The molecule has 0 radical (unpaired) electrons. The predicted octanol–water partition coefficient (Wildman–Crippen LogP) is 5.20. The molecule has 2 rings (SSSR count). The lowest BCUT2D eigenvalue weighted by atomic mass is 10.1. The molecule has 3 nitrogen and oxygen atoms in total. The molecule has 24 heavy (non-hydrogen) atoms. The fourth-order valence-corrected chi connectivity index (χ4v) is 2.78. The van der Waals surface area contributed by atoms with Gasteiger partial charge in [-0.3, -0.25) is 0 Å². The maximum absolute atomic E-state index is 6.07. The minimum absolute atomic E-state index is 0. The third kappa shape index (κ3) is 6.34. The summed E-state index contributed by atoms with van der Waals surface area (Å²) in [5.41, 5.74) is 2.23. The largest absolute Gasteiger partial charge is 0.493 e. The summed E-state index contributed by atoms with van der Waals surface area (Å²) in [4.78, 5) is 0. The van der Waals surface area contributed by atoms with Crippen LogP contribution in [0.15, 0.2) is 46.9 Å². The van der Waals surface area contributed by atoms with Crippen LogP contribution < -0.4 is 14.8 Å². The van der Waals surface area contributed by atoms with Crippen molar-refractivity contribution in [3.63, 3.8) is 0 Å². The van der Waals surface area contributed by atoms with Gasteiger partial charge in [0.15, 0.2) is 11.5 Å². The molecule has 0 aromatic heterocycles. The molecule has 0 bridgehead atoms. The van der Waals surface area contributed by atoms with E-state index in [-0.39, 0.29) is 12.4 Å². The van der Waals surface area contributed by atoms with Crippen LogP contribution in [0.4, 0.5) is 0 Å². The van der Waals surface area contributed by atoms with Crippen LogP contribution in [0.3, 0.4) is 0 Å². The lowest BCUT2D eigenvalue weighted by Gasteiger charge is -2.17. The van der Waals surface area contributed by atoms with Crippen LogP contribution in [0.5, 0.6) is 11.5 Å². The van der Waals surface area contributed by atoms with Crippen molar-refractivity contribution in [2.75, 3.05) is 13.7 Å². The first kappa shape index (κ1) is 20.8. The van der Waals surface area contributed by atoms with E-state index in [1.165, 1.54) is 0 Å². The van der Waals surface area contributed by atoms with E-state index in [1.54, 1.807) is 7.11 Å². The first-order valence-electron chi connectivity index (χ1n) is 7.84. The predicted molar refractivity (Wildman–Crippen MR) is 105 cm³/mol. The number of halogens is 2. The fraction of sp³-hybridized carbons (Fsp3) is 0.368. The van der Waals surface area contributed by atoms with Gasteiger partial charge in [-0.05, 0) is 30.2 Å². The Balaban J connectivity index is 0.00000288. The zero-order chi connectivity index (χ0) is 16.7. The molecule has 5 heteroatoms. The maximum Gasteiger partial charge on any atom is 0.166 e. The summed E-state index contributed by atoms with van der Waals surface area (Å²) in [6, 6.07) is 14.2. The van der Waals surface area contributed by atoms with Gasteiger partial charge in [0.2, 0.25) is 0 Å². The van der Waals surface area contributed by atoms with Crippen molar-refractivity contribution in [1.82, 2.24) is 5.32 Å². The average Bonchev–Trinajstić information content (AvgIpc) is 2.54. The zero-order valence-corrected chi connectivity index (χ0v) is 16.7. The van der Waals surface area contributed by atoms with E-state index < -0.39 is 0 Å². The summed E-state index contributed by atoms with van der Waals surface area (Å²) in [6.07, 6.45) is 0. The molecule has 0 heterocycles. The quantitative estimate of drug-likeness (QED) is 0.643. The van der Waals surface area contributed by atoms with E-state index >= 15 is 0 Å². The highest BCUT2D eigenvalue weighted by Gasteiger charge is 2.13. The van der Waals surface area contributed by atoms with E-state index in [4.69, 9.17) is 9.47 Å². The van der Waals surface area contributed by atoms with Crippen molar-refractivity contribution in [2.45, 2.75) is 27.0 Å². The van der Waals surface area contributed by atoms with E-state index in [0.717, 1.165) is 40.2 Å². The van der Waals surface area contributed by atoms with Gasteiger partial charge < -0.3 is 14.8 Å². The molecular weight excluding hydrogens is 390 g/mol. The molecule has 132 valence electrons. The average molecular weight is 415 g/mol. The van der Waals surface area contributed by atoms with E-state index in [9.17, 15) is 0 Å². The van der Waals surface area contributed by atoms with Gasteiger partial charge in [0, 0.05) is 16.6 Å². The van der Waals surface area contributed by atoms with Crippen LogP contribution in [0.25, 0.3) is 0 Å². The molecule has 0 unspecified atom stereocenters. The first-order valence-corrected chi connectivity index (χ1v) is 8.63. The SMILES string of the molecule is COc1cc(Br)cc(CNCC(C)C)c1OCc1ccccc1.Cl. The summed E-state index contributed by atoms with van der Waals surface area (Å²) in [5.74, 6) is 2.16.